The largest absolute Gasteiger partial charge is 0.709 e. The third kappa shape index (κ3) is 2.76. The number of hydrogen-bond donors (Lipinski definition) is 0. The van der Waals surface area contributed by atoms with Crippen LogP contribution in [0.3, 0.4) is 0 Å². The van der Waals surface area contributed by atoms with Crippen LogP contribution in [0.25, 0.3) is 11.1 Å². The minimum atomic E-state index is -5.13. The Bertz CT molecular complexity index is 771. The summed E-state index contributed by atoms with van der Waals surface area (Å²) in [6, 6.07) is 7.59. The molecule has 0 fully saturated rings. The van der Waals surface area contributed by atoms with Crippen molar-refractivity contribution in [2.45, 2.75) is 12.3 Å². The molecule has 0 saturated carbocycles. The van der Waals surface area contributed by atoms with Gasteiger partial charge in [0.25, 0.3) is 0 Å². The van der Waals surface area contributed by atoms with Gasteiger partial charge in [-0.2, -0.15) is 26.3 Å². The minimum Gasteiger partial charge on any atom is -0.517 e. The summed E-state index contributed by atoms with van der Waals surface area (Å²) in [5, 5.41) is 0. The number of rotatable bonds is 1. The second-order valence-electron chi connectivity index (χ2n) is 4.91. The molecule has 1 aliphatic heterocycles. The maximum absolute atomic E-state index is 14.3. The Morgan fingerprint density at radius 2 is 1.50 bits per heavy atom. The second-order valence-corrected chi connectivity index (χ2v) is 4.91. The quantitative estimate of drug-likeness (QED) is 0.540. The molecule has 0 atom stereocenters. The smallest absolute Gasteiger partial charge is 0.517 e. The van der Waals surface area contributed by atoms with Crippen LogP contribution in [0.2, 0.25) is 0 Å². The molecule has 0 spiro atoms. The van der Waals surface area contributed by atoms with E-state index in [9.17, 15) is 30.7 Å². The lowest BCUT2D eigenvalue weighted by atomic mass is 9.90. The third-order valence-electron chi connectivity index (χ3n) is 3.28. The first-order valence-electron chi connectivity index (χ1n) is 6.48. The fraction of sp³-hybridized carbons (Fsp3) is 0.143. The third-order valence-corrected chi connectivity index (χ3v) is 3.28. The summed E-state index contributed by atoms with van der Waals surface area (Å²) in [4.78, 5) is 0. The average molecular weight is 350 g/mol. The van der Waals surface area contributed by atoms with Crippen molar-refractivity contribution in [1.82, 2.24) is 0 Å². The molecule has 1 aliphatic rings. The van der Waals surface area contributed by atoms with Gasteiger partial charge < -0.3 is 9.31 Å². The van der Waals surface area contributed by atoms with Crippen molar-refractivity contribution >= 4 is 7.12 Å². The van der Waals surface area contributed by atoms with E-state index in [0.29, 0.717) is 6.07 Å². The SMILES string of the molecule is Fc1c2c(cc(-c3ccccc3)c1C(F)(F)F)OB(C(F)(F)F)O2. The maximum Gasteiger partial charge on any atom is 0.709 e. The zero-order valence-electron chi connectivity index (χ0n) is 11.5. The van der Waals surface area contributed by atoms with E-state index in [0.717, 1.165) is 0 Å². The van der Waals surface area contributed by atoms with E-state index in [1.807, 2.05) is 0 Å². The molecule has 1 heterocycles. The molecule has 3 rings (SSSR count). The zero-order valence-corrected chi connectivity index (χ0v) is 11.5. The lowest BCUT2D eigenvalue weighted by Crippen LogP contribution is -2.42. The molecule has 2 aromatic carbocycles. The summed E-state index contributed by atoms with van der Waals surface area (Å²) in [5.74, 6) is -3.88. The summed E-state index contributed by atoms with van der Waals surface area (Å²) in [7, 11) is -2.85. The topological polar surface area (TPSA) is 18.5 Å². The van der Waals surface area contributed by atoms with Gasteiger partial charge in [0.15, 0.2) is 11.6 Å². The summed E-state index contributed by atoms with van der Waals surface area (Å²) in [5.41, 5.74) is -2.37. The molecular formula is C14H6BF7O2. The van der Waals surface area contributed by atoms with Crippen LogP contribution < -0.4 is 9.31 Å². The minimum absolute atomic E-state index is 0.0226. The van der Waals surface area contributed by atoms with Crippen molar-refractivity contribution in [2.24, 2.45) is 0 Å². The van der Waals surface area contributed by atoms with Crippen LogP contribution in [-0.4, -0.2) is 13.2 Å². The van der Waals surface area contributed by atoms with Crippen LogP contribution in [0.5, 0.6) is 11.5 Å². The fourth-order valence-corrected chi connectivity index (χ4v) is 2.31. The van der Waals surface area contributed by atoms with Gasteiger partial charge in [-0.3, -0.25) is 0 Å². The Hall–Kier alpha value is -2.39. The molecule has 10 heteroatoms. The van der Waals surface area contributed by atoms with E-state index in [-0.39, 0.29) is 5.56 Å². The Balaban J connectivity index is 2.21. The molecule has 2 nitrogen and oxygen atoms in total. The summed E-state index contributed by atoms with van der Waals surface area (Å²) < 4.78 is 100. The average Bonchev–Trinajstić information content (AvgIpc) is 2.91. The van der Waals surface area contributed by atoms with Gasteiger partial charge >= 0.3 is 19.4 Å². The molecule has 0 N–H and O–H groups in total. The van der Waals surface area contributed by atoms with E-state index in [2.05, 4.69) is 9.31 Å². The Kier molecular flexibility index (Phi) is 3.65. The Morgan fingerprint density at radius 1 is 0.875 bits per heavy atom. The standard InChI is InChI=1S/C14H6BF7O2/c16-11-10(13(17,18)19)8(7-4-2-1-3-5-7)6-9-12(11)24-15(23-9)14(20,21)22/h1-6H. The van der Waals surface area contributed by atoms with Gasteiger partial charge in [0.05, 0.1) is 0 Å². The van der Waals surface area contributed by atoms with E-state index in [1.165, 1.54) is 30.3 Å². The van der Waals surface area contributed by atoms with Crippen molar-refractivity contribution in [2.75, 3.05) is 0 Å². The van der Waals surface area contributed by atoms with Gasteiger partial charge in [0, 0.05) is 5.56 Å². The van der Waals surface area contributed by atoms with Gasteiger partial charge in [-0.15, -0.1) is 0 Å². The normalized spacial score (nSPS) is 14.2. The monoisotopic (exact) mass is 350 g/mol. The molecule has 0 amide bonds. The molecule has 0 bridgehead atoms. The van der Waals surface area contributed by atoms with Gasteiger partial charge in [0.2, 0.25) is 0 Å². The predicted octanol–water partition coefficient (Wildman–Crippen LogP) is 4.87. The highest BCUT2D eigenvalue weighted by Crippen LogP contribution is 2.49. The predicted molar refractivity (Wildman–Crippen MR) is 69.9 cm³/mol. The van der Waals surface area contributed by atoms with Gasteiger partial charge in [0.1, 0.15) is 11.3 Å². The Labute approximate surface area is 130 Å². The molecule has 0 aromatic heterocycles. The maximum atomic E-state index is 14.3. The lowest BCUT2D eigenvalue weighted by molar-refractivity contribution is -0.139. The highest BCUT2D eigenvalue weighted by Gasteiger charge is 2.58. The van der Waals surface area contributed by atoms with E-state index < -0.39 is 47.8 Å². The zero-order chi connectivity index (χ0) is 17.7. The van der Waals surface area contributed by atoms with Crippen molar-refractivity contribution in [3.63, 3.8) is 0 Å². The van der Waals surface area contributed by atoms with Crippen LogP contribution in [0.1, 0.15) is 5.56 Å². The first kappa shape index (κ1) is 16.5. The van der Waals surface area contributed by atoms with Gasteiger partial charge in [-0.05, 0) is 11.6 Å². The number of benzene rings is 2. The summed E-state index contributed by atoms with van der Waals surface area (Å²) in [6.07, 6.45) is -10.2. The van der Waals surface area contributed by atoms with Crippen molar-refractivity contribution in [3.8, 4) is 22.6 Å². The van der Waals surface area contributed by atoms with Crippen molar-refractivity contribution in [1.29, 1.82) is 0 Å². The number of hydrogen-bond acceptors (Lipinski definition) is 2. The molecule has 0 aliphatic carbocycles. The molecular weight excluding hydrogens is 344 g/mol. The molecule has 2 aromatic rings. The molecule has 24 heavy (non-hydrogen) atoms. The lowest BCUT2D eigenvalue weighted by Gasteiger charge is -2.16. The molecule has 126 valence electrons. The first-order chi connectivity index (χ1) is 11.1. The first-order valence-corrected chi connectivity index (χ1v) is 6.48. The van der Waals surface area contributed by atoms with Crippen LogP contribution in [-0.2, 0) is 6.18 Å². The Morgan fingerprint density at radius 3 is 2.04 bits per heavy atom. The summed E-state index contributed by atoms with van der Waals surface area (Å²) in [6.45, 7) is 0. The van der Waals surface area contributed by atoms with Crippen LogP contribution in [0.15, 0.2) is 36.4 Å². The van der Waals surface area contributed by atoms with E-state index >= 15 is 0 Å². The van der Waals surface area contributed by atoms with Crippen LogP contribution in [0.4, 0.5) is 30.7 Å². The van der Waals surface area contributed by atoms with E-state index in [1.54, 1.807) is 0 Å². The summed E-state index contributed by atoms with van der Waals surface area (Å²) >= 11 is 0. The number of fused-ring (bicyclic) bond motifs is 1. The van der Waals surface area contributed by atoms with Crippen LogP contribution >= 0.6 is 0 Å². The van der Waals surface area contributed by atoms with Gasteiger partial charge in [-0.25, -0.2) is 4.39 Å². The van der Waals surface area contributed by atoms with E-state index in [4.69, 9.17) is 0 Å². The number of halogens is 7. The second kappa shape index (κ2) is 5.32. The molecule has 0 unspecified atom stereocenters. The molecule has 0 saturated heterocycles. The fourth-order valence-electron chi connectivity index (χ4n) is 2.31. The highest BCUT2D eigenvalue weighted by atomic mass is 19.4. The van der Waals surface area contributed by atoms with Crippen molar-refractivity contribution in [3.05, 3.63) is 47.8 Å². The van der Waals surface area contributed by atoms with Crippen molar-refractivity contribution < 1.29 is 40.0 Å². The highest BCUT2D eigenvalue weighted by molar-refractivity contribution is 6.50. The van der Waals surface area contributed by atoms with Gasteiger partial charge in [-0.1, -0.05) is 30.3 Å². The number of alkyl halides is 6. The molecule has 0 radical (unpaired) electrons. The van der Waals surface area contributed by atoms with Crippen LogP contribution in [0, 0.1) is 5.82 Å².